The van der Waals surface area contributed by atoms with E-state index in [0.29, 0.717) is 11.3 Å². The van der Waals surface area contributed by atoms with E-state index >= 15 is 0 Å². The normalized spacial score (nSPS) is 15.6. The number of aliphatic carboxylic acids is 1. The summed E-state index contributed by atoms with van der Waals surface area (Å²) in [6, 6.07) is 3.59. The highest BCUT2D eigenvalue weighted by molar-refractivity contribution is 5.75. The van der Waals surface area contributed by atoms with Crippen LogP contribution in [0.25, 0.3) is 0 Å². The van der Waals surface area contributed by atoms with Crippen molar-refractivity contribution in [1.29, 1.82) is 0 Å². The molecule has 0 saturated carbocycles. The molecule has 86 valence electrons. The fourth-order valence-electron chi connectivity index (χ4n) is 2.14. The van der Waals surface area contributed by atoms with Crippen LogP contribution < -0.4 is 4.74 Å². The molecule has 1 aliphatic carbocycles. The third-order valence-electron chi connectivity index (χ3n) is 2.97. The number of benzene rings is 1. The molecule has 0 bridgehead atoms. The van der Waals surface area contributed by atoms with Gasteiger partial charge in [0.15, 0.2) is 6.10 Å². The van der Waals surface area contributed by atoms with Gasteiger partial charge in [-0.3, -0.25) is 0 Å². The molecule has 1 atom stereocenters. The maximum Gasteiger partial charge on any atom is 0.337 e. The van der Waals surface area contributed by atoms with Gasteiger partial charge in [-0.1, -0.05) is 0 Å². The van der Waals surface area contributed by atoms with Gasteiger partial charge in [0, 0.05) is 5.56 Å². The van der Waals surface area contributed by atoms with Gasteiger partial charge in [-0.05, 0) is 42.5 Å². The molecular formula is C12H14O4. The zero-order chi connectivity index (χ0) is 11.7. The van der Waals surface area contributed by atoms with Crippen molar-refractivity contribution in [3.05, 3.63) is 28.8 Å². The predicted molar refractivity (Wildman–Crippen MR) is 57.6 cm³/mol. The Balaban J connectivity index is 2.47. The lowest BCUT2D eigenvalue weighted by Crippen LogP contribution is -2.12. The Labute approximate surface area is 93.5 Å². The Hall–Kier alpha value is -1.55. The number of aliphatic hydroxyl groups is 1. The van der Waals surface area contributed by atoms with E-state index in [2.05, 4.69) is 0 Å². The van der Waals surface area contributed by atoms with Gasteiger partial charge >= 0.3 is 5.97 Å². The largest absolute Gasteiger partial charge is 0.496 e. The van der Waals surface area contributed by atoms with Crippen LogP contribution in [0.2, 0.25) is 0 Å². The summed E-state index contributed by atoms with van der Waals surface area (Å²) in [7, 11) is 1.48. The minimum absolute atomic E-state index is 0.343. The standard InChI is InChI=1S/C12H14O4/c1-16-10-6-8-4-2-3-7(8)5-9(10)11(13)12(14)15/h5-6,11,13H,2-4H2,1H3,(H,14,15). The number of carboxylic acids is 1. The smallest absolute Gasteiger partial charge is 0.337 e. The van der Waals surface area contributed by atoms with Crippen molar-refractivity contribution in [2.75, 3.05) is 7.11 Å². The molecule has 1 aromatic rings. The number of hydrogen-bond donors (Lipinski definition) is 2. The number of fused-ring (bicyclic) bond motifs is 1. The molecule has 4 nitrogen and oxygen atoms in total. The molecule has 2 rings (SSSR count). The SMILES string of the molecule is COc1cc2c(cc1C(O)C(=O)O)CCC2. The van der Waals surface area contributed by atoms with Crippen LogP contribution in [0.15, 0.2) is 12.1 Å². The highest BCUT2D eigenvalue weighted by Crippen LogP contribution is 2.33. The van der Waals surface area contributed by atoms with Crippen LogP contribution >= 0.6 is 0 Å². The van der Waals surface area contributed by atoms with E-state index in [1.54, 1.807) is 6.07 Å². The summed E-state index contributed by atoms with van der Waals surface area (Å²) >= 11 is 0. The maximum atomic E-state index is 10.8. The van der Waals surface area contributed by atoms with Crippen molar-refractivity contribution < 1.29 is 19.7 Å². The molecule has 0 fully saturated rings. The topological polar surface area (TPSA) is 66.8 Å². The highest BCUT2D eigenvalue weighted by Gasteiger charge is 2.23. The molecule has 0 heterocycles. The van der Waals surface area contributed by atoms with E-state index in [-0.39, 0.29) is 0 Å². The molecule has 0 radical (unpaired) electrons. The van der Waals surface area contributed by atoms with Gasteiger partial charge in [0.05, 0.1) is 7.11 Å². The molecule has 1 aromatic carbocycles. The van der Waals surface area contributed by atoms with Crippen molar-refractivity contribution in [1.82, 2.24) is 0 Å². The van der Waals surface area contributed by atoms with Gasteiger partial charge in [-0.2, -0.15) is 0 Å². The number of hydrogen-bond acceptors (Lipinski definition) is 3. The molecule has 1 aliphatic rings. The zero-order valence-corrected chi connectivity index (χ0v) is 9.06. The number of rotatable bonds is 3. The van der Waals surface area contributed by atoms with E-state index in [4.69, 9.17) is 9.84 Å². The number of carboxylic acid groups (broad SMARTS) is 1. The second-order valence-electron chi connectivity index (χ2n) is 3.96. The number of aliphatic hydroxyl groups excluding tert-OH is 1. The summed E-state index contributed by atoms with van der Waals surface area (Å²) in [4.78, 5) is 10.8. The first-order valence-corrected chi connectivity index (χ1v) is 5.24. The second-order valence-corrected chi connectivity index (χ2v) is 3.96. The first-order chi connectivity index (χ1) is 7.63. The number of ether oxygens (including phenoxy) is 1. The van der Waals surface area contributed by atoms with Crippen molar-refractivity contribution >= 4 is 5.97 Å². The second kappa shape index (κ2) is 4.14. The predicted octanol–water partition coefficient (Wildman–Crippen LogP) is 1.30. The molecule has 16 heavy (non-hydrogen) atoms. The Bertz CT molecular complexity index is 425. The molecule has 0 saturated heterocycles. The average molecular weight is 222 g/mol. The number of carbonyl (C=O) groups is 1. The molecule has 4 heteroatoms. The van der Waals surface area contributed by atoms with E-state index in [1.807, 2.05) is 6.07 Å². The highest BCUT2D eigenvalue weighted by atomic mass is 16.5. The summed E-state index contributed by atoms with van der Waals surface area (Å²) in [6.45, 7) is 0. The number of methoxy groups -OCH3 is 1. The lowest BCUT2D eigenvalue weighted by molar-refractivity contribution is -0.147. The van der Waals surface area contributed by atoms with Crippen molar-refractivity contribution in [2.24, 2.45) is 0 Å². The quantitative estimate of drug-likeness (QED) is 0.809. The molecule has 2 N–H and O–H groups in total. The third-order valence-corrected chi connectivity index (χ3v) is 2.97. The minimum Gasteiger partial charge on any atom is -0.496 e. The fraction of sp³-hybridized carbons (Fsp3) is 0.417. The molecule has 0 spiro atoms. The summed E-state index contributed by atoms with van der Waals surface area (Å²) in [5, 5.41) is 18.4. The third kappa shape index (κ3) is 1.76. The Kier molecular flexibility index (Phi) is 2.83. The average Bonchev–Trinajstić information content (AvgIpc) is 2.72. The fourth-order valence-corrected chi connectivity index (χ4v) is 2.14. The van der Waals surface area contributed by atoms with E-state index < -0.39 is 12.1 Å². The van der Waals surface area contributed by atoms with Crippen LogP contribution in [0.4, 0.5) is 0 Å². The van der Waals surface area contributed by atoms with Crippen LogP contribution in [0.3, 0.4) is 0 Å². The summed E-state index contributed by atoms with van der Waals surface area (Å²) in [5.41, 5.74) is 2.66. The van der Waals surface area contributed by atoms with Crippen molar-refractivity contribution in [2.45, 2.75) is 25.4 Å². The summed E-state index contributed by atoms with van der Waals surface area (Å²) < 4.78 is 5.12. The zero-order valence-electron chi connectivity index (χ0n) is 9.06. The Morgan fingerprint density at radius 1 is 1.38 bits per heavy atom. The lowest BCUT2D eigenvalue weighted by atomic mass is 10.0. The summed E-state index contributed by atoms with van der Waals surface area (Å²) in [5.74, 6) is -0.799. The minimum atomic E-state index is -1.51. The van der Waals surface area contributed by atoms with Gasteiger partial charge in [0.25, 0.3) is 0 Å². The van der Waals surface area contributed by atoms with Crippen LogP contribution in [0, 0.1) is 0 Å². The van der Waals surface area contributed by atoms with Gasteiger partial charge in [0.1, 0.15) is 5.75 Å². The van der Waals surface area contributed by atoms with Gasteiger partial charge in [-0.25, -0.2) is 4.79 Å². The molecule has 0 aromatic heterocycles. The molecular weight excluding hydrogens is 208 g/mol. The van der Waals surface area contributed by atoms with Gasteiger partial charge < -0.3 is 14.9 Å². The molecule has 0 aliphatic heterocycles. The monoisotopic (exact) mass is 222 g/mol. The van der Waals surface area contributed by atoms with Crippen LogP contribution in [-0.2, 0) is 17.6 Å². The van der Waals surface area contributed by atoms with Crippen LogP contribution in [-0.4, -0.2) is 23.3 Å². The first kappa shape index (κ1) is 11.0. The number of aryl methyl sites for hydroxylation is 2. The van der Waals surface area contributed by atoms with Gasteiger partial charge in [0.2, 0.25) is 0 Å². The first-order valence-electron chi connectivity index (χ1n) is 5.24. The van der Waals surface area contributed by atoms with Crippen LogP contribution in [0.5, 0.6) is 5.75 Å². The molecule has 0 amide bonds. The van der Waals surface area contributed by atoms with Crippen LogP contribution in [0.1, 0.15) is 29.2 Å². The lowest BCUT2D eigenvalue weighted by Gasteiger charge is -2.13. The van der Waals surface area contributed by atoms with Crippen molar-refractivity contribution in [3.8, 4) is 5.75 Å². The summed E-state index contributed by atoms with van der Waals surface area (Å²) in [6.07, 6.45) is 1.50. The van der Waals surface area contributed by atoms with Crippen molar-refractivity contribution in [3.63, 3.8) is 0 Å². The van der Waals surface area contributed by atoms with Gasteiger partial charge in [-0.15, -0.1) is 0 Å². The maximum absolute atomic E-state index is 10.8. The Morgan fingerprint density at radius 3 is 2.56 bits per heavy atom. The van der Waals surface area contributed by atoms with E-state index in [9.17, 15) is 9.90 Å². The Morgan fingerprint density at radius 2 is 2.00 bits per heavy atom. The molecule has 1 unspecified atom stereocenters. The van der Waals surface area contributed by atoms with E-state index in [0.717, 1.165) is 24.8 Å². The van der Waals surface area contributed by atoms with E-state index in [1.165, 1.54) is 12.7 Å².